The molecule has 1 N–H and O–H groups in total. The molecule has 12 heteroatoms. The second-order valence-corrected chi connectivity index (χ2v) is 12.4. The summed E-state index contributed by atoms with van der Waals surface area (Å²) in [4.78, 5) is 28.6. The van der Waals surface area contributed by atoms with E-state index >= 15 is 0 Å². The predicted molar refractivity (Wildman–Crippen MR) is 152 cm³/mol. The van der Waals surface area contributed by atoms with Gasteiger partial charge in [0.15, 0.2) is 0 Å². The zero-order valence-corrected chi connectivity index (χ0v) is 24.6. The average Bonchev–Trinajstić information content (AvgIpc) is 3.35. The number of amides is 2. The molecule has 0 spiro atoms. The number of nitrogens with one attached hydrogen (secondary N) is 1. The van der Waals surface area contributed by atoms with Crippen LogP contribution in [0.5, 0.6) is 5.75 Å². The molecule has 0 heterocycles. The lowest BCUT2D eigenvalue weighted by Crippen LogP contribution is -2.53. The fraction of sp³-hybridized carbons (Fsp3) is 0.462. The maximum Gasteiger partial charge on any atom is 0.244 e. The van der Waals surface area contributed by atoms with E-state index in [1.165, 1.54) is 24.1 Å². The van der Waals surface area contributed by atoms with Crippen molar-refractivity contribution in [3.05, 3.63) is 57.0 Å². The first-order valence-electron chi connectivity index (χ1n) is 12.3. The number of carbonyl (C=O) groups excluding carboxylic acids is 2. The summed E-state index contributed by atoms with van der Waals surface area (Å²) in [5.41, 5.74) is 0.687. The van der Waals surface area contributed by atoms with Crippen LogP contribution < -0.4 is 14.4 Å². The lowest BCUT2D eigenvalue weighted by atomic mass is 10.1. The van der Waals surface area contributed by atoms with Gasteiger partial charge < -0.3 is 15.0 Å². The van der Waals surface area contributed by atoms with E-state index in [1.54, 1.807) is 31.2 Å². The largest absolute Gasteiger partial charge is 0.495 e. The van der Waals surface area contributed by atoms with Crippen molar-refractivity contribution < 1.29 is 22.7 Å². The monoisotopic (exact) mass is 603 g/mol. The number of anilines is 1. The summed E-state index contributed by atoms with van der Waals surface area (Å²) in [5, 5.41) is 4.09. The molecule has 1 saturated carbocycles. The van der Waals surface area contributed by atoms with Crippen LogP contribution in [-0.4, -0.2) is 57.1 Å². The summed E-state index contributed by atoms with van der Waals surface area (Å²) in [6.45, 7) is 1.21. The highest BCUT2D eigenvalue weighted by molar-refractivity contribution is 7.92. The fourth-order valence-electron chi connectivity index (χ4n) is 4.57. The van der Waals surface area contributed by atoms with Crippen LogP contribution in [0.3, 0.4) is 0 Å². The zero-order valence-electron chi connectivity index (χ0n) is 21.5. The molecule has 3 rings (SSSR count). The minimum Gasteiger partial charge on any atom is -0.495 e. The highest BCUT2D eigenvalue weighted by atomic mass is 35.5. The SMILES string of the molecule is CC[C@@H](C(=O)NC1CCCC1)N(Cc1ccc(Cl)cc1Cl)C(=O)CN(c1cc(Cl)ccc1OC)S(C)(=O)=O. The molecule has 2 amide bonds. The molecule has 0 radical (unpaired) electrons. The minimum atomic E-state index is -3.95. The van der Waals surface area contributed by atoms with E-state index in [-0.39, 0.29) is 35.0 Å². The van der Waals surface area contributed by atoms with Crippen molar-refractivity contribution in [1.82, 2.24) is 10.2 Å². The van der Waals surface area contributed by atoms with E-state index in [0.717, 1.165) is 36.2 Å². The molecule has 0 unspecified atom stereocenters. The molecular formula is C26H32Cl3N3O5S. The first-order valence-corrected chi connectivity index (χ1v) is 15.3. The number of nitrogens with zero attached hydrogens (tertiary/aromatic N) is 2. The third-order valence-corrected chi connectivity index (χ3v) is 8.48. The second-order valence-electron chi connectivity index (χ2n) is 9.26. The molecule has 1 fully saturated rings. The van der Waals surface area contributed by atoms with Gasteiger partial charge in [-0.2, -0.15) is 0 Å². The highest BCUT2D eigenvalue weighted by Crippen LogP contribution is 2.33. The predicted octanol–water partition coefficient (Wildman–Crippen LogP) is 5.29. The van der Waals surface area contributed by atoms with Crippen molar-refractivity contribution in [2.75, 3.05) is 24.2 Å². The van der Waals surface area contributed by atoms with E-state index in [9.17, 15) is 18.0 Å². The standard InChI is InChI=1S/C26H32Cl3N3O5S/c1-4-22(26(34)30-20-7-5-6-8-20)31(15-17-9-10-18(27)13-21(17)29)25(33)16-32(38(3,35)36)23-14-19(28)11-12-24(23)37-2/h9-14,20,22H,4-8,15-16H2,1-3H3,(H,30,34)/t22-/m0/s1. The molecule has 2 aromatic rings. The minimum absolute atomic E-state index is 0.0181. The smallest absolute Gasteiger partial charge is 0.244 e. The van der Waals surface area contributed by atoms with Crippen molar-refractivity contribution in [2.45, 2.75) is 57.7 Å². The van der Waals surface area contributed by atoms with Crippen LogP contribution in [0.2, 0.25) is 15.1 Å². The van der Waals surface area contributed by atoms with Crippen LogP contribution in [-0.2, 0) is 26.2 Å². The number of carbonyl (C=O) groups is 2. The maximum absolute atomic E-state index is 13.9. The van der Waals surface area contributed by atoms with Gasteiger partial charge >= 0.3 is 0 Å². The van der Waals surface area contributed by atoms with Crippen molar-refractivity contribution in [2.24, 2.45) is 0 Å². The number of hydrogen-bond donors (Lipinski definition) is 1. The molecular weight excluding hydrogens is 573 g/mol. The number of sulfonamides is 1. The number of halogens is 3. The van der Waals surface area contributed by atoms with E-state index in [2.05, 4.69) is 5.32 Å². The van der Waals surface area contributed by atoms with E-state index in [1.807, 2.05) is 0 Å². The van der Waals surface area contributed by atoms with Crippen molar-refractivity contribution >= 4 is 62.3 Å². The number of benzene rings is 2. The third-order valence-electron chi connectivity index (χ3n) is 6.53. The Bertz CT molecular complexity index is 1270. The zero-order chi connectivity index (χ0) is 28.0. The van der Waals surface area contributed by atoms with Crippen LogP contribution >= 0.6 is 34.8 Å². The first kappa shape index (κ1) is 30.3. The fourth-order valence-corrected chi connectivity index (χ4v) is 6.05. The van der Waals surface area contributed by atoms with Gasteiger partial charge in [0.05, 0.1) is 19.1 Å². The summed E-state index contributed by atoms with van der Waals surface area (Å²) in [5.74, 6) is -0.646. The number of methoxy groups -OCH3 is 1. The first-order chi connectivity index (χ1) is 17.9. The van der Waals surface area contributed by atoms with E-state index in [4.69, 9.17) is 39.5 Å². The van der Waals surface area contributed by atoms with Gasteiger partial charge in [0, 0.05) is 27.7 Å². The van der Waals surface area contributed by atoms with Crippen molar-refractivity contribution in [1.29, 1.82) is 0 Å². The Morgan fingerprint density at radius 2 is 1.71 bits per heavy atom. The molecule has 38 heavy (non-hydrogen) atoms. The molecule has 1 aliphatic rings. The Hall–Kier alpha value is -2.20. The topological polar surface area (TPSA) is 96.0 Å². The normalized spacial score (nSPS) is 14.7. The van der Waals surface area contributed by atoms with Gasteiger partial charge in [-0.05, 0) is 55.2 Å². The Morgan fingerprint density at radius 3 is 2.29 bits per heavy atom. The molecule has 2 aromatic carbocycles. The van der Waals surface area contributed by atoms with Crippen LogP contribution in [0, 0.1) is 0 Å². The number of rotatable bonds is 11. The summed E-state index contributed by atoms with van der Waals surface area (Å²) in [6.07, 6.45) is 5.15. The molecule has 0 saturated heterocycles. The van der Waals surface area contributed by atoms with Crippen LogP contribution in [0.15, 0.2) is 36.4 Å². The average molecular weight is 605 g/mol. The Balaban J connectivity index is 2.00. The molecule has 1 aliphatic carbocycles. The van der Waals surface area contributed by atoms with Crippen molar-refractivity contribution in [3.8, 4) is 5.75 Å². The third kappa shape index (κ3) is 7.68. The summed E-state index contributed by atoms with van der Waals surface area (Å²) in [6, 6.07) is 8.58. The van der Waals surface area contributed by atoms with Gasteiger partial charge in [0.1, 0.15) is 18.3 Å². The van der Waals surface area contributed by atoms with Gasteiger partial charge in [-0.25, -0.2) is 8.42 Å². The van der Waals surface area contributed by atoms with Gasteiger partial charge in [-0.15, -0.1) is 0 Å². The van der Waals surface area contributed by atoms with Gasteiger partial charge in [-0.3, -0.25) is 13.9 Å². The van der Waals surface area contributed by atoms with Crippen LogP contribution in [0.25, 0.3) is 0 Å². The Morgan fingerprint density at radius 1 is 1.08 bits per heavy atom. The number of ether oxygens (including phenoxy) is 1. The van der Waals surface area contributed by atoms with E-state index in [0.29, 0.717) is 22.0 Å². The van der Waals surface area contributed by atoms with Gasteiger partial charge in [0.25, 0.3) is 0 Å². The summed E-state index contributed by atoms with van der Waals surface area (Å²) < 4.78 is 32.0. The van der Waals surface area contributed by atoms with E-state index < -0.39 is 28.5 Å². The molecule has 208 valence electrons. The Kier molecular flexibility index (Phi) is 10.6. The quantitative estimate of drug-likeness (QED) is 0.376. The molecule has 0 bridgehead atoms. The highest BCUT2D eigenvalue weighted by Gasteiger charge is 2.34. The summed E-state index contributed by atoms with van der Waals surface area (Å²) >= 11 is 18.6. The molecule has 0 aliphatic heterocycles. The summed E-state index contributed by atoms with van der Waals surface area (Å²) in [7, 11) is -2.56. The lowest BCUT2D eigenvalue weighted by Gasteiger charge is -2.34. The molecule has 8 nitrogen and oxygen atoms in total. The molecule has 1 atom stereocenters. The second kappa shape index (κ2) is 13.2. The van der Waals surface area contributed by atoms with Crippen LogP contribution in [0.4, 0.5) is 5.69 Å². The maximum atomic E-state index is 13.9. The Labute approximate surface area is 239 Å². The van der Waals surface area contributed by atoms with Gasteiger partial charge in [-0.1, -0.05) is 60.6 Å². The van der Waals surface area contributed by atoms with Crippen LogP contribution in [0.1, 0.15) is 44.6 Å². The van der Waals surface area contributed by atoms with Gasteiger partial charge in [0.2, 0.25) is 21.8 Å². The van der Waals surface area contributed by atoms with Crippen molar-refractivity contribution in [3.63, 3.8) is 0 Å². The number of hydrogen-bond acceptors (Lipinski definition) is 5. The lowest BCUT2D eigenvalue weighted by molar-refractivity contribution is -0.140. The molecule has 0 aromatic heterocycles.